The number of nitrogens with two attached hydrogens (primary N) is 1. The van der Waals surface area contributed by atoms with E-state index in [1.807, 2.05) is 6.07 Å². The summed E-state index contributed by atoms with van der Waals surface area (Å²) in [6, 6.07) is 3.61. The quantitative estimate of drug-likeness (QED) is 0.745. The van der Waals surface area contributed by atoms with Crippen molar-refractivity contribution in [1.29, 1.82) is 0 Å². The second-order valence-electron chi connectivity index (χ2n) is 3.62. The van der Waals surface area contributed by atoms with E-state index in [9.17, 15) is 0 Å². The van der Waals surface area contributed by atoms with Crippen LogP contribution < -0.4 is 10.5 Å². The van der Waals surface area contributed by atoms with Gasteiger partial charge in [0.25, 0.3) is 0 Å². The summed E-state index contributed by atoms with van der Waals surface area (Å²) in [7, 11) is 0. The predicted octanol–water partition coefficient (Wildman–Crippen LogP) is 1.44. The molecule has 0 unspecified atom stereocenters. The van der Waals surface area contributed by atoms with Crippen LogP contribution in [0.4, 0.5) is 0 Å². The molecule has 0 aliphatic carbocycles. The molecule has 0 atom stereocenters. The van der Waals surface area contributed by atoms with E-state index in [4.69, 9.17) is 22.7 Å². The average molecular weight is 253 g/mol. The van der Waals surface area contributed by atoms with Gasteiger partial charge in [0.15, 0.2) is 0 Å². The maximum atomic E-state index is 5.59. The molecule has 0 aromatic carbocycles. The molecule has 1 heterocycles. The van der Waals surface area contributed by atoms with Crippen molar-refractivity contribution in [2.75, 3.05) is 26.2 Å². The zero-order valence-electron chi connectivity index (χ0n) is 10.3. The molecule has 0 saturated heterocycles. The Balaban J connectivity index is 2.39. The van der Waals surface area contributed by atoms with Crippen molar-refractivity contribution in [2.24, 2.45) is 5.73 Å². The van der Waals surface area contributed by atoms with Crippen LogP contribution in [0.25, 0.3) is 0 Å². The topological polar surface area (TPSA) is 51.4 Å². The van der Waals surface area contributed by atoms with Gasteiger partial charge in [-0.15, -0.1) is 0 Å². The van der Waals surface area contributed by atoms with Gasteiger partial charge in [0.05, 0.1) is 11.9 Å². The van der Waals surface area contributed by atoms with Crippen molar-refractivity contribution in [2.45, 2.75) is 13.8 Å². The third-order valence-electron chi connectivity index (χ3n) is 2.56. The number of likely N-dealkylation sites (N-methyl/N-ethyl adjacent to an activating group) is 1. The van der Waals surface area contributed by atoms with Crippen LogP contribution in [-0.4, -0.2) is 41.1 Å². The highest BCUT2D eigenvalue weighted by atomic mass is 32.1. The number of rotatable bonds is 7. The van der Waals surface area contributed by atoms with Crippen LogP contribution in [0.15, 0.2) is 18.3 Å². The minimum absolute atomic E-state index is 0.305. The van der Waals surface area contributed by atoms with E-state index in [-0.39, 0.29) is 0 Å². The standard InChI is InChI=1S/C12H19N3OS/c1-3-15(4-2)7-8-16-10-5-6-11(12(13)17)14-9-10/h5-6,9H,3-4,7-8H2,1-2H3,(H2,13,17). The Kier molecular flexibility index (Phi) is 5.86. The minimum Gasteiger partial charge on any atom is -0.491 e. The Bertz CT molecular complexity index is 349. The van der Waals surface area contributed by atoms with Crippen molar-refractivity contribution in [3.05, 3.63) is 24.0 Å². The van der Waals surface area contributed by atoms with E-state index in [0.29, 0.717) is 17.3 Å². The molecule has 0 amide bonds. The fourth-order valence-corrected chi connectivity index (χ4v) is 1.56. The predicted molar refractivity (Wildman–Crippen MR) is 73.4 cm³/mol. The van der Waals surface area contributed by atoms with Gasteiger partial charge in [0, 0.05) is 6.54 Å². The third-order valence-corrected chi connectivity index (χ3v) is 2.77. The second kappa shape index (κ2) is 7.19. The van der Waals surface area contributed by atoms with Gasteiger partial charge >= 0.3 is 0 Å². The van der Waals surface area contributed by atoms with Gasteiger partial charge in [-0.2, -0.15) is 0 Å². The molecule has 94 valence electrons. The number of nitrogens with zero attached hydrogens (tertiary/aromatic N) is 2. The summed E-state index contributed by atoms with van der Waals surface area (Å²) in [5.74, 6) is 0.747. The van der Waals surface area contributed by atoms with Crippen molar-refractivity contribution >= 4 is 17.2 Å². The summed E-state index contributed by atoms with van der Waals surface area (Å²) >= 11 is 4.83. The minimum atomic E-state index is 0.305. The maximum Gasteiger partial charge on any atom is 0.137 e. The largest absolute Gasteiger partial charge is 0.491 e. The zero-order chi connectivity index (χ0) is 12.7. The van der Waals surface area contributed by atoms with Crippen molar-refractivity contribution < 1.29 is 4.74 Å². The molecule has 1 aromatic rings. The lowest BCUT2D eigenvalue weighted by Gasteiger charge is -2.17. The van der Waals surface area contributed by atoms with Gasteiger partial charge in [-0.1, -0.05) is 26.1 Å². The van der Waals surface area contributed by atoms with E-state index < -0.39 is 0 Å². The Morgan fingerprint density at radius 1 is 1.41 bits per heavy atom. The first-order valence-electron chi connectivity index (χ1n) is 5.78. The van der Waals surface area contributed by atoms with E-state index in [2.05, 4.69) is 23.7 Å². The first kappa shape index (κ1) is 13.9. The highest BCUT2D eigenvalue weighted by molar-refractivity contribution is 7.80. The maximum absolute atomic E-state index is 5.59. The van der Waals surface area contributed by atoms with E-state index in [0.717, 1.165) is 25.4 Å². The molecule has 17 heavy (non-hydrogen) atoms. The summed E-state index contributed by atoms with van der Waals surface area (Å²) in [5, 5.41) is 0. The summed E-state index contributed by atoms with van der Waals surface area (Å²) in [5.41, 5.74) is 6.08. The Morgan fingerprint density at radius 2 is 2.12 bits per heavy atom. The smallest absolute Gasteiger partial charge is 0.137 e. The Hall–Kier alpha value is -1.20. The van der Waals surface area contributed by atoms with E-state index in [1.54, 1.807) is 12.3 Å². The monoisotopic (exact) mass is 253 g/mol. The molecule has 0 radical (unpaired) electrons. The molecule has 0 spiro atoms. The van der Waals surface area contributed by atoms with Crippen LogP contribution in [-0.2, 0) is 0 Å². The van der Waals surface area contributed by atoms with Gasteiger partial charge in [-0.25, -0.2) is 4.98 Å². The van der Waals surface area contributed by atoms with Gasteiger partial charge < -0.3 is 15.4 Å². The van der Waals surface area contributed by atoms with E-state index >= 15 is 0 Å². The van der Waals surface area contributed by atoms with E-state index in [1.165, 1.54) is 0 Å². The summed E-state index contributed by atoms with van der Waals surface area (Å²) < 4.78 is 5.59. The number of ether oxygens (including phenoxy) is 1. The lowest BCUT2D eigenvalue weighted by Crippen LogP contribution is -2.27. The average Bonchev–Trinajstić information content (AvgIpc) is 2.35. The summed E-state index contributed by atoms with van der Waals surface area (Å²) in [4.78, 5) is 6.72. The fraction of sp³-hybridized carbons (Fsp3) is 0.500. The van der Waals surface area contributed by atoms with Gasteiger partial charge in [0.2, 0.25) is 0 Å². The molecule has 2 N–H and O–H groups in total. The molecule has 1 rings (SSSR count). The van der Waals surface area contributed by atoms with Crippen molar-refractivity contribution in [3.8, 4) is 5.75 Å². The molecular weight excluding hydrogens is 234 g/mol. The molecule has 4 nitrogen and oxygen atoms in total. The molecule has 0 aliphatic rings. The van der Waals surface area contributed by atoms with Crippen LogP contribution >= 0.6 is 12.2 Å². The third kappa shape index (κ3) is 4.66. The highest BCUT2D eigenvalue weighted by Crippen LogP contribution is 2.09. The lowest BCUT2D eigenvalue weighted by atomic mass is 10.3. The van der Waals surface area contributed by atoms with Crippen LogP contribution in [0, 0.1) is 0 Å². The normalized spacial score (nSPS) is 10.5. The Morgan fingerprint density at radius 3 is 2.59 bits per heavy atom. The van der Waals surface area contributed by atoms with Crippen LogP contribution in [0.1, 0.15) is 19.5 Å². The molecule has 0 saturated carbocycles. The fourth-order valence-electron chi connectivity index (χ4n) is 1.44. The first-order chi connectivity index (χ1) is 8.17. The number of hydrogen-bond donors (Lipinski definition) is 1. The summed E-state index contributed by atoms with van der Waals surface area (Å²) in [6.45, 7) is 7.95. The van der Waals surface area contributed by atoms with Crippen molar-refractivity contribution in [3.63, 3.8) is 0 Å². The molecular formula is C12H19N3OS. The zero-order valence-corrected chi connectivity index (χ0v) is 11.2. The van der Waals surface area contributed by atoms with Crippen LogP contribution in [0.2, 0.25) is 0 Å². The molecule has 5 heteroatoms. The molecule has 0 aliphatic heterocycles. The van der Waals surface area contributed by atoms with Crippen LogP contribution in [0.3, 0.4) is 0 Å². The second-order valence-corrected chi connectivity index (χ2v) is 4.06. The number of pyridine rings is 1. The lowest BCUT2D eigenvalue weighted by molar-refractivity contribution is 0.222. The SMILES string of the molecule is CCN(CC)CCOc1ccc(C(N)=S)nc1. The molecule has 0 bridgehead atoms. The van der Waals surface area contributed by atoms with Crippen molar-refractivity contribution in [1.82, 2.24) is 9.88 Å². The first-order valence-corrected chi connectivity index (χ1v) is 6.19. The van der Waals surface area contributed by atoms with Gasteiger partial charge in [-0.05, 0) is 25.2 Å². The number of aromatic nitrogens is 1. The number of thiocarbonyl (C=S) groups is 1. The molecule has 0 fully saturated rings. The molecule has 1 aromatic heterocycles. The van der Waals surface area contributed by atoms with Gasteiger partial charge in [0.1, 0.15) is 17.3 Å². The van der Waals surface area contributed by atoms with Crippen LogP contribution in [0.5, 0.6) is 5.75 Å². The number of hydrogen-bond acceptors (Lipinski definition) is 4. The highest BCUT2D eigenvalue weighted by Gasteiger charge is 2.01. The van der Waals surface area contributed by atoms with Gasteiger partial charge in [-0.3, -0.25) is 0 Å². The Labute approximate surface area is 108 Å². The summed E-state index contributed by atoms with van der Waals surface area (Å²) in [6.07, 6.45) is 1.65.